The molecule has 1 aliphatic heterocycles. The standard InChI is InChI=1S/C23H18ClF2N7S/c24-19-2-1-18(34-19)15-3-5-28-22-20(15)29-21(30-22)17-8-16(31-32-17)14-7-13(9-27-10-14)11-33-6-4-23(25,26)12-33/h1-3,5,7-10H,4,6,11-12H2,(H,31,32)(H,28,29,30). The first-order valence-electron chi connectivity index (χ1n) is 10.6. The number of hydrogen-bond donors (Lipinski definition) is 2. The lowest BCUT2D eigenvalue weighted by Crippen LogP contribution is -2.24. The number of aromatic amines is 2. The summed E-state index contributed by atoms with van der Waals surface area (Å²) in [6, 6.07) is 9.56. The molecule has 0 atom stereocenters. The average Bonchev–Trinajstić information content (AvgIpc) is 3.59. The lowest BCUT2D eigenvalue weighted by Gasteiger charge is -2.15. The van der Waals surface area contributed by atoms with E-state index in [1.165, 1.54) is 11.3 Å². The average molecular weight is 498 g/mol. The van der Waals surface area contributed by atoms with E-state index in [0.29, 0.717) is 34.6 Å². The van der Waals surface area contributed by atoms with Crippen molar-refractivity contribution in [2.75, 3.05) is 13.1 Å². The molecule has 2 N–H and O–H groups in total. The quantitative estimate of drug-likeness (QED) is 0.328. The topological polar surface area (TPSA) is 86.4 Å². The van der Waals surface area contributed by atoms with E-state index in [9.17, 15) is 8.78 Å². The van der Waals surface area contributed by atoms with Crippen molar-refractivity contribution in [1.82, 2.24) is 35.0 Å². The summed E-state index contributed by atoms with van der Waals surface area (Å²) in [6.45, 7) is 0.596. The Labute approximate surface area is 201 Å². The van der Waals surface area contributed by atoms with Crippen molar-refractivity contribution in [3.05, 3.63) is 58.8 Å². The Kier molecular flexibility index (Phi) is 5.16. The van der Waals surface area contributed by atoms with Gasteiger partial charge in [0.05, 0.1) is 16.6 Å². The van der Waals surface area contributed by atoms with E-state index in [1.54, 1.807) is 23.5 Å². The molecule has 0 spiro atoms. The van der Waals surface area contributed by atoms with Gasteiger partial charge < -0.3 is 4.98 Å². The molecule has 1 aliphatic rings. The van der Waals surface area contributed by atoms with Crippen LogP contribution in [0.3, 0.4) is 0 Å². The summed E-state index contributed by atoms with van der Waals surface area (Å²) in [5, 5.41) is 7.44. The van der Waals surface area contributed by atoms with Gasteiger partial charge in [0.25, 0.3) is 5.92 Å². The number of nitrogens with one attached hydrogen (secondary N) is 2. The maximum atomic E-state index is 13.5. The van der Waals surface area contributed by atoms with Gasteiger partial charge in [0.1, 0.15) is 11.2 Å². The zero-order chi connectivity index (χ0) is 23.3. The van der Waals surface area contributed by atoms with Gasteiger partial charge in [-0.2, -0.15) is 5.10 Å². The fourth-order valence-electron chi connectivity index (χ4n) is 4.20. The second kappa shape index (κ2) is 8.23. The van der Waals surface area contributed by atoms with E-state index >= 15 is 0 Å². The Bertz CT molecular complexity index is 1490. The van der Waals surface area contributed by atoms with Crippen molar-refractivity contribution in [3.8, 4) is 33.2 Å². The Balaban J connectivity index is 1.28. The highest BCUT2D eigenvalue weighted by Gasteiger charge is 2.37. The molecule has 6 rings (SSSR count). The Morgan fingerprint density at radius 3 is 2.88 bits per heavy atom. The maximum absolute atomic E-state index is 13.5. The lowest BCUT2D eigenvalue weighted by molar-refractivity contribution is 0.0115. The van der Waals surface area contributed by atoms with E-state index in [0.717, 1.165) is 32.8 Å². The monoisotopic (exact) mass is 497 g/mol. The first-order valence-corrected chi connectivity index (χ1v) is 11.8. The normalized spacial score (nSPS) is 16.0. The fourth-order valence-corrected chi connectivity index (χ4v) is 5.27. The number of hydrogen-bond acceptors (Lipinski definition) is 6. The number of rotatable bonds is 5. The van der Waals surface area contributed by atoms with Crippen LogP contribution in [0.5, 0.6) is 0 Å². The highest BCUT2D eigenvalue weighted by Crippen LogP contribution is 2.35. The lowest BCUT2D eigenvalue weighted by atomic mass is 10.1. The second-order valence-corrected chi connectivity index (χ2v) is 10.0. The molecule has 1 saturated heterocycles. The minimum absolute atomic E-state index is 0.0996. The van der Waals surface area contributed by atoms with E-state index in [2.05, 4.69) is 25.1 Å². The van der Waals surface area contributed by atoms with Crippen molar-refractivity contribution in [1.29, 1.82) is 0 Å². The van der Waals surface area contributed by atoms with E-state index < -0.39 is 5.92 Å². The SMILES string of the molecule is FC1(F)CCN(Cc2cncc(-c3cc(-c4nc5c(-c6ccc(Cl)s6)ccnc5[nH]4)n[nH]3)c2)C1. The summed E-state index contributed by atoms with van der Waals surface area (Å²) < 4.78 is 27.7. The van der Waals surface area contributed by atoms with Gasteiger partial charge in [0.15, 0.2) is 11.5 Å². The van der Waals surface area contributed by atoms with Crippen LogP contribution in [-0.4, -0.2) is 54.0 Å². The Hall–Kier alpha value is -3.21. The molecule has 5 aromatic heterocycles. The molecule has 7 nitrogen and oxygen atoms in total. The molecule has 0 aromatic carbocycles. The smallest absolute Gasteiger partial charge is 0.261 e. The number of fused-ring (bicyclic) bond motifs is 1. The molecule has 0 saturated carbocycles. The van der Waals surface area contributed by atoms with Gasteiger partial charge >= 0.3 is 0 Å². The molecule has 11 heteroatoms. The van der Waals surface area contributed by atoms with Crippen LogP contribution in [0.25, 0.3) is 44.4 Å². The first kappa shape index (κ1) is 21.3. The summed E-state index contributed by atoms with van der Waals surface area (Å²) in [7, 11) is 0. The number of thiophene rings is 1. The summed E-state index contributed by atoms with van der Waals surface area (Å²) in [4.78, 5) is 19.4. The Morgan fingerprint density at radius 1 is 1.18 bits per heavy atom. The zero-order valence-corrected chi connectivity index (χ0v) is 19.3. The van der Waals surface area contributed by atoms with Crippen LogP contribution in [0, 0.1) is 0 Å². The highest BCUT2D eigenvalue weighted by molar-refractivity contribution is 7.19. The number of halogens is 3. The predicted octanol–water partition coefficient (Wildman–Crippen LogP) is 5.63. The minimum atomic E-state index is -2.61. The third-order valence-corrected chi connectivity index (χ3v) is 7.07. The molecule has 0 amide bonds. The zero-order valence-electron chi connectivity index (χ0n) is 17.7. The van der Waals surface area contributed by atoms with Crippen molar-refractivity contribution in [3.63, 3.8) is 0 Å². The van der Waals surface area contributed by atoms with E-state index in [1.807, 2.05) is 30.3 Å². The van der Waals surface area contributed by atoms with Crippen LogP contribution in [0.1, 0.15) is 12.0 Å². The number of aromatic nitrogens is 6. The molecule has 5 aromatic rings. The third kappa shape index (κ3) is 4.08. The van der Waals surface area contributed by atoms with Crippen molar-refractivity contribution in [2.24, 2.45) is 0 Å². The number of nitrogens with zero attached hydrogens (tertiary/aromatic N) is 5. The molecule has 6 heterocycles. The highest BCUT2D eigenvalue weighted by atomic mass is 35.5. The molecular formula is C23H18ClF2N7S. The third-order valence-electron chi connectivity index (χ3n) is 5.80. The summed E-state index contributed by atoms with van der Waals surface area (Å²) in [6.07, 6.45) is 5.06. The molecule has 0 aliphatic carbocycles. The number of imidazole rings is 1. The predicted molar refractivity (Wildman–Crippen MR) is 128 cm³/mol. The molecule has 0 bridgehead atoms. The summed E-state index contributed by atoms with van der Waals surface area (Å²) in [5.74, 6) is -2.02. The van der Waals surface area contributed by atoms with Gasteiger partial charge in [-0.25, -0.2) is 18.7 Å². The van der Waals surface area contributed by atoms with Crippen LogP contribution in [0.2, 0.25) is 4.34 Å². The number of H-pyrrole nitrogens is 2. The number of pyridine rings is 2. The fraction of sp³-hybridized carbons (Fsp3) is 0.217. The summed E-state index contributed by atoms with van der Waals surface area (Å²) >= 11 is 7.60. The maximum Gasteiger partial charge on any atom is 0.261 e. The van der Waals surface area contributed by atoms with Crippen LogP contribution in [-0.2, 0) is 6.54 Å². The van der Waals surface area contributed by atoms with E-state index in [-0.39, 0.29) is 13.0 Å². The van der Waals surface area contributed by atoms with Gasteiger partial charge in [0, 0.05) is 54.1 Å². The van der Waals surface area contributed by atoms with Gasteiger partial charge in [-0.05, 0) is 35.9 Å². The Morgan fingerprint density at radius 2 is 2.09 bits per heavy atom. The van der Waals surface area contributed by atoms with Crippen molar-refractivity contribution >= 4 is 34.1 Å². The molecule has 0 radical (unpaired) electrons. The summed E-state index contributed by atoms with van der Waals surface area (Å²) in [5.41, 5.74) is 5.44. The van der Waals surface area contributed by atoms with Gasteiger partial charge in [-0.15, -0.1) is 11.3 Å². The van der Waals surface area contributed by atoms with Crippen LogP contribution in [0.4, 0.5) is 8.78 Å². The largest absolute Gasteiger partial charge is 0.321 e. The number of alkyl halides is 2. The van der Waals surface area contributed by atoms with E-state index in [4.69, 9.17) is 16.6 Å². The van der Waals surface area contributed by atoms with Crippen molar-refractivity contribution in [2.45, 2.75) is 18.9 Å². The van der Waals surface area contributed by atoms with Crippen LogP contribution < -0.4 is 0 Å². The second-order valence-electron chi connectivity index (χ2n) is 8.31. The van der Waals surface area contributed by atoms with Gasteiger partial charge in [0.2, 0.25) is 0 Å². The van der Waals surface area contributed by atoms with Crippen LogP contribution >= 0.6 is 22.9 Å². The molecule has 1 fully saturated rings. The number of likely N-dealkylation sites (tertiary alicyclic amines) is 1. The molecular weight excluding hydrogens is 480 g/mol. The minimum Gasteiger partial charge on any atom is -0.321 e. The first-order chi connectivity index (χ1) is 16.4. The molecule has 172 valence electrons. The van der Waals surface area contributed by atoms with Crippen LogP contribution in [0.15, 0.2) is 48.9 Å². The molecule has 0 unspecified atom stereocenters. The van der Waals surface area contributed by atoms with Crippen molar-refractivity contribution < 1.29 is 8.78 Å². The van der Waals surface area contributed by atoms with Gasteiger partial charge in [-0.3, -0.25) is 15.0 Å². The van der Waals surface area contributed by atoms with Gasteiger partial charge in [-0.1, -0.05) is 11.6 Å². The molecule has 34 heavy (non-hydrogen) atoms.